The van der Waals surface area contributed by atoms with E-state index in [1.165, 1.54) is 14.0 Å². The molecule has 0 fully saturated rings. The van der Waals surface area contributed by atoms with Crippen LogP contribution in [0.2, 0.25) is 0 Å². The zero-order valence-corrected chi connectivity index (χ0v) is 15.7. The summed E-state index contributed by atoms with van der Waals surface area (Å²) in [5.41, 5.74) is 2.22. The van der Waals surface area contributed by atoms with E-state index in [0.29, 0.717) is 34.7 Å². The maximum absolute atomic E-state index is 12.6. The van der Waals surface area contributed by atoms with E-state index in [0.717, 1.165) is 5.76 Å². The number of furan rings is 1. The number of esters is 1. The van der Waals surface area contributed by atoms with Crippen LogP contribution in [-0.2, 0) is 17.9 Å². The molecule has 0 amide bonds. The highest BCUT2D eigenvalue weighted by Crippen LogP contribution is 2.23. The fourth-order valence-corrected chi connectivity index (χ4v) is 2.74. The van der Waals surface area contributed by atoms with E-state index in [4.69, 9.17) is 13.9 Å². The van der Waals surface area contributed by atoms with Gasteiger partial charge in [-0.15, -0.1) is 0 Å². The Kier molecular flexibility index (Phi) is 6.11. The van der Waals surface area contributed by atoms with Crippen molar-refractivity contribution in [2.45, 2.75) is 20.1 Å². The van der Waals surface area contributed by atoms with Crippen molar-refractivity contribution in [2.75, 3.05) is 12.4 Å². The van der Waals surface area contributed by atoms with Crippen molar-refractivity contribution in [2.24, 2.45) is 0 Å². The average molecular weight is 379 g/mol. The van der Waals surface area contributed by atoms with Gasteiger partial charge < -0.3 is 19.2 Å². The summed E-state index contributed by atoms with van der Waals surface area (Å²) in [6.07, 6.45) is 1.60. The van der Waals surface area contributed by atoms with Gasteiger partial charge in [-0.3, -0.25) is 4.79 Å². The number of hydrogen-bond acceptors (Lipinski definition) is 6. The zero-order chi connectivity index (χ0) is 19.9. The highest BCUT2D eigenvalue weighted by molar-refractivity contribution is 5.96. The van der Waals surface area contributed by atoms with E-state index < -0.39 is 5.97 Å². The van der Waals surface area contributed by atoms with Gasteiger partial charge >= 0.3 is 5.97 Å². The highest BCUT2D eigenvalue weighted by atomic mass is 16.5. The molecule has 6 heteroatoms. The Balaban J connectivity index is 1.72. The SMILES string of the molecule is COc1ccc(C(C)=O)cc1COC(=O)c1ccccc1NCc1ccco1. The van der Waals surface area contributed by atoms with Crippen molar-refractivity contribution >= 4 is 17.4 Å². The fourth-order valence-electron chi connectivity index (χ4n) is 2.74. The Morgan fingerprint density at radius 2 is 1.89 bits per heavy atom. The third-order valence-corrected chi connectivity index (χ3v) is 4.23. The number of carbonyl (C=O) groups is 2. The second kappa shape index (κ2) is 8.90. The van der Waals surface area contributed by atoms with E-state index in [1.807, 2.05) is 12.1 Å². The molecule has 0 aliphatic carbocycles. The molecule has 3 aromatic rings. The predicted octanol–water partition coefficient (Wildman–Crippen LogP) is 4.46. The van der Waals surface area contributed by atoms with Crippen LogP contribution in [0.1, 0.15) is 39.0 Å². The molecule has 0 saturated heterocycles. The van der Waals surface area contributed by atoms with E-state index in [9.17, 15) is 9.59 Å². The predicted molar refractivity (Wildman–Crippen MR) is 105 cm³/mol. The second-order valence-corrected chi connectivity index (χ2v) is 6.14. The molecular formula is C22H21NO5. The minimum Gasteiger partial charge on any atom is -0.496 e. The monoisotopic (exact) mass is 379 g/mol. The van der Waals surface area contributed by atoms with Crippen molar-refractivity contribution in [3.8, 4) is 5.75 Å². The number of ether oxygens (including phenoxy) is 2. The largest absolute Gasteiger partial charge is 0.496 e. The molecule has 0 spiro atoms. The third kappa shape index (κ3) is 4.59. The van der Waals surface area contributed by atoms with Gasteiger partial charge in [0.05, 0.1) is 25.5 Å². The molecule has 0 radical (unpaired) electrons. The van der Waals surface area contributed by atoms with E-state index in [-0.39, 0.29) is 12.4 Å². The number of hydrogen-bond donors (Lipinski definition) is 1. The summed E-state index contributed by atoms with van der Waals surface area (Å²) >= 11 is 0. The molecule has 144 valence electrons. The van der Waals surface area contributed by atoms with Crippen molar-refractivity contribution in [3.63, 3.8) is 0 Å². The first-order valence-electron chi connectivity index (χ1n) is 8.78. The molecule has 0 unspecified atom stereocenters. The Labute approximate surface area is 163 Å². The lowest BCUT2D eigenvalue weighted by Crippen LogP contribution is -2.10. The number of ketones is 1. The first-order chi connectivity index (χ1) is 13.6. The first kappa shape index (κ1) is 19.2. The summed E-state index contributed by atoms with van der Waals surface area (Å²) in [6.45, 7) is 1.93. The number of para-hydroxylation sites is 1. The molecule has 2 aromatic carbocycles. The zero-order valence-electron chi connectivity index (χ0n) is 15.7. The van der Waals surface area contributed by atoms with Gasteiger partial charge in [0.1, 0.15) is 18.1 Å². The minimum atomic E-state index is -0.474. The lowest BCUT2D eigenvalue weighted by atomic mass is 10.1. The molecular weight excluding hydrogens is 358 g/mol. The molecule has 0 saturated carbocycles. The van der Waals surface area contributed by atoms with Crippen LogP contribution in [-0.4, -0.2) is 18.9 Å². The van der Waals surface area contributed by atoms with Crippen molar-refractivity contribution in [3.05, 3.63) is 83.3 Å². The quantitative estimate of drug-likeness (QED) is 0.460. The van der Waals surface area contributed by atoms with Gasteiger partial charge in [-0.25, -0.2) is 4.79 Å². The van der Waals surface area contributed by atoms with Crippen molar-refractivity contribution in [1.82, 2.24) is 0 Å². The number of carbonyl (C=O) groups excluding carboxylic acids is 2. The molecule has 6 nitrogen and oxygen atoms in total. The number of benzene rings is 2. The van der Waals surface area contributed by atoms with Gasteiger partial charge in [0.2, 0.25) is 0 Å². The molecule has 1 N–H and O–H groups in total. The van der Waals surface area contributed by atoms with Crippen LogP contribution in [0.3, 0.4) is 0 Å². The average Bonchev–Trinajstić information content (AvgIpc) is 3.24. The van der Waals surface area contributed by atoms with Crippen molar-refractivity contribution < 1.29 is 23.5 Å². The summed E-state index contributed by atoms with van der Waals surface area (Å²) in [5.74, 6) is 0.775. The smallest absolute Gasteiger partial charge is 0.340 e. The molecule has 0 aliphatic rings. The number of rotatable bonds is 8. The van der Waals surface area contributed by atoms with Gasteiger partial charge in [-0.1, -0.05) is 12.1 Å². The Morgan fingerprint density at radius 1 is 1.07 bits per heavy atom. The molecule has 28 heavy (non-hydrogen) atoms. The summed E-state index contributed by atoms with van der Waals surface area (Å²) in [4.78, 5) is 24.2. The molecule has 0 atom stereocenters. The lowest BCUT2D eigenvalue weighted by molar-refractivity contribution is 0.0471. The van der Waals surface area contributed by atoms with Crippen LogP contribution in [0, 0.1) is 0 Å². The molecule has 1 heterocycles. The Bertz CT molecular complexity index is 963. The van der Waals surface area contributed by atoms with Gasteiger partial charge in [0.15, 0.2) is 5.78 Å². The van der Waals surface area contributed by atoms with Gasteiger partial charge in [0.25, 0.3) is 0 Å². The molecule has 0 bridgehead atoms. The summed E-state index contributed by atoms with van der Waals surface area (Å²) in [6, 6.07) is 15.8. The van der Waals surface area contributed by atoms with Gasteiger partial charge in [-0.2, -0.15) is 0 Å². The maximum atomic E-state index is 12.6. The van der Waals surface area contributed by atoms with Crippen LogP contribution in [0.4, 0.5) is 5.69 Å². The van der Waals surface area contributed by atoms with Crippen LogP contribution in [0.5, 0.6) is 5.75 Å². The Hall–Kier alpha value is -3.54. The first-order valence-corrected chi connectivity index (χ1v) is 8.78. The third-order valence-electron chi connectivity index (χ3n) is 4.23. The van der Waals surface area contributed by atoms with E-state index in [2.05, 4.69) is 5.32 Å². The van der Waals surface area contributed by atoms with E-state index in [1.54, 1.807) is 48.7 Å². The number of anilines is 1. The number of methoxy groups -OCH3 is 1. The Morgan fingerprint density at radius 3 is 2.61 bits per heavy atom. The molecule has 3 rings (SSSR count). The maximum Gasteiger partial charge on any atom is 0.340 e. The van der Waals surface area contributed by atoms with E-state index >= 15 is 0 Å². The highest BCUT2D eigenvalue weighted by Gasteiger charge is 2.15. The number of nitrogens with one attached hydrogen (secondary N) is 1. The van der Waals surface area contributed by atoms with Crippen LogP contribution in [0.15, 0.2) is 65.3 Å². The van der Waals surface area contributed by atoms with Crippen LogP contribution in [0.25, 0.3) is 0 Å². The lowest BCUT2D eigenvalue weighted by Gasteiger charge is -2.13. The number of Topliss-reactive ketones (excluding diaryl/α,β-unsaturated/α-hetero) is 1. The topological polar surface area (TPSA) is 77.8 Å². The van der Waals surface area contributed by atoms with Crippen LogP contribution >= 0.6 is 0 Å². The summed E-state index contributed by atoms with van der Waals surface area (Å²) in [7, 11) is 1.53. The normalized spacial score (nSPS) is 10.4. The summed E-state index contributed by atoms with van der Waals surface area (Å²) < 4.78 is 16.1. The molecule has 0 aliphatic heterocycles. The minimum absolute atomic E-state index is 0.00432. The van der Waals surface area contributed by atoms with Gasteiger partial charge in [-0.05, 0) is 49.4 Å². The second-order valence-electron chi connectivity index (χ2n) is 6.14. The van der Waals surface area contributed by atoms with Crippen LogP contribution < -0.4 is 10.1 Å². The fraction of sp³-hybridized carbons (Fsp3) is 0.182. The van der Waals surface area contributed by atoms with Gasteiger partial charge in [0, 0.05) is 16.8 Å². The summed E-state index contributed by atoms with van der Waals surface area (Å²) in [5, 5.41) is 3.18. The molecule has 1 aromatic heterocycles. The van der Waals surface area contributed by atoms with Crippen molar-refractivity contribution in [1.29, 1.82) is 0 Å². The standard InChI is InChI=1S/C22H21NO5/c1-15(24)16-9-10-21(26-2)17(12-16)14-28-22(25)19-7-3-4-8-20(19)23-13-18-6-5-11-27-18/h3-12,23H,13-14H2,1-2H3.